The fraction of sp³-hybridized carbons (Fsp3) is 0.462. The highest BCUT2D eigenvalue weighted by Crippen LogP contribution is 2.20. The Balaban J connectivity index is 2.20. The Kier molecular flexibility index (Phi) is 9.14. The van der Waals surface area contributed by atoms with E-state index in [2.05, 4.69) is 19.2 Å². The maximum Gasteiger partial charge on any atom is 0.261 e. The largest absolute Gasteiger partial charge is 0.484 e. The second-order valence-corrected chi connectivity index (χ2v) is 9.76. The number of halogens is 1. The van der Waals surface area contributed by atoms with Gasteiger partial charge in [0.2, 0.25) is 5.91 Å². The minimum absolute atomic E-state index is 0.145. The summed E-state index contributed by atoms with van der Waals surface area (Å²) in [5.74, 6) is 0.626. The summed E-state index contributed by atoms with van der Waals surface area (Å²) in [5, 5.41) is 3.62. The highest BCUT2D eigenvalue weighted by Gasteiger charge is 2.30. The molecular weight excluding hydrogens is 424 g/mol. The van der Waals surface area contributed by atoms with Gasteiger partial charge in [0.05, 0.1) is 0 Å². The maximum absolute atomic E-state index is 13.2. The van der Waals surface area contributed by atoms with E-state index < -0.39 is 11.6 Å². The molecule has 0 fully saturated rings. The predicted octanol–water partition coefficient (Wildman–Crippen LogP) is 5.56. The van der Waals surface area contributed by atoms with Gasteiger partial charge < -0.3 is 15.0 Å². The van der Waals surface area contributed by atoms with Crippen LogP contribution in [0, 0.1) is 0 Å². The molecule has 174 valence electrons. The minimum Gasteiger partial charge on any atom is -0.484 e. The fourth-order valence-corrected chi connectivity index (χ4v) is 3.46. The lowest BCUT2D eigenvalue weighted by Gasteiger charge is -2.33. The summed E-state index contributed by atoms with van der Waals surface area (Å²) in [6.07, 6.45) is 0.490. The molecule has 6 heteroatoms. The van der Waals surface area contributed by atoms with Crippen LogP contribution in [0.25, 0.3) is 0 Å². The third-order valence-corrected chi connectivity index (χ3v) is 5.31. The van der Waals surface area contributed by atoms with Gasteiger partial charge in [-0.15, -0.1) is 0 Å². The third kappa shape index (κ3) is 7.86. The van der Waals surface area contributed by atoms with Gasteiger partial charge in [-0.05, 0) is 68.5 Å². The predicted molar refractivity (Wildman–Crippen MR) is 130 cm³/mol. The molecule has 2 amide bonds. The van der Waals surface area contributed by atoms with Crippen LogP contribution in [-0.4, -0.2) is 34.9 Å². The van der Waals surface area contributed by atoms with Crippen LogP contribution in [0.15, 0.2) is 48.5 Å². The normalized spacial score (nSPS) is 12.4. The molecule has 2 aromatic rings. The number of benzene rings is 2. The van der Waals surface area contributed by atoms with Crippen LogP contribution < -0.4 is 10.1 Å². The first-order valence-electron chi connectivity index (χ1n) is 11.1. The maximum atomic E-state index is 13.2. The van der Waals surface area contributed by atoms with Crippen molar-refractivity contribution >= 4 is 23.4 Å². The van der Waals surface area contributed by atoms with E-state index in [1.54, 1.807) is 17.0 Å². The Morgan fingerprint density at radius 2 is 1.62 bits per heavy atom. The van der Waals surface area contributed by atoms with Crippen molar-refractivity contribution in [2.24, 2.45) is 0 Å². The molecule has 0 aromatic heterocycles. The summed E-state index contributed by atoms with van der Waals surface area (Å²) in [5.41, 5.74) is 1.71. The van der Waals surface area contributed by atoms with E-state index in [0.717, 1.165) is 5.56 Å². The molecule has 0 heterocycles. The van der Waals surface area contributed by atoms with E-state index in [1.165, 1.54) is 5.56 Å². The standard InChI is InChI=1S/C26H35ClN2O3/c1-7-23(25(31)28-26(4,5)6)29(16-19-8-12-21(27)13-9-19)24(30)17-32-22-14-10-20(11-15-22)18(2)3/h8-15,18,23H,7,16-17H2,1-6H3,(H,28,31). The van der Waals surface area contributed by atoms with Gasteiger partial charge in [0.15, 0.2) is 6.61 Å². The second-order valence-electron chi connectivity index (χ2n) is 9.32. The van der Waals surface area contributed by atoms with Gasteiger partial charge in [-0.2, -0.15) is 0 Å². The van der Waals surface area contributed by atoms with Crippen molar-refractivity contribution in [1.29, 1.82) is 0 Å². The SMILES string of the molecule is CCC(C(=O)NC(C)(C)C)N(Cc1ccc(Cl)cc1)C(=O)COc1ccc(C(C)C)cc1. The molecule has 2 aromatic carbocycles. The van der Waals surface area contributed by atoms with Crippen LogP contribution in [0.4, 0.5) is 0 Å². The number of carbonyl (C=O) groups excluding carboxylic acids is 2. The number of hydrogen-bond donors (Lipinski definition) is 1. The Morgan fingerprint density at radius 3 is 2.12 bits per heavy atom. The van der Waals surface area contributed by atoms with Gasteiger partial charge in [0, 0.05) is 17.1 Å². The number of rotatable bonds is 9. The molecule has 0 aliphatic carbocycles. The minimum atomic E-state index is -0.607. The summed E-state index contributed by atoms with van der Waals surface area (Å²) in [7, 11) is 0. The highest BCUT2D eigenvalue weighted by molar-refractivity contribution is 6.30. The van der Waals surface area contributed by atoms with E-state index in [4.69, 9.17) is 16.3 Å². The van der Waals surface area contributed by atoms with E-state index in [0.29, 0.717) is 29.7 Å². The van der Waals surface area contributed by atoms with E-state index in [-0.39, 0.29) is 18.4 Å². The summed E-state index contributed by atoms with van der Waals surface area (Å²) < 4.78 is 5.77. The topological polar surface area (TPSA) is 58.6 Å². The van der Waals surface area contributed by atoms with Crippen LogP contribution in [0.2, 0.25) is 5.02 Å². The molecule has 5 nitrogen and oxygen atoms in total. The van der Waals surface area contributed by atoms with Crippen molar-refractivity contribution in [1.82, 2.24) is 10.2 Å². The first kappa shape index (κ1) is 25.7. The van der Waals surface area contributed by atoms with Gasteiger partial charge >= 0.3 is 0 Å². The first-order chi connectivity index (χ1) is 15.0. The number of amides is 2. The zero-order valence-corrected chi connectivity index (χ0v) is 20.7. The summed E-state index contributed by atoms with van der Waals surface area (Å²) >= 11 is 6.01. The molecule has 0 radical (unpaired) electrons. The number of nitrogens with zero attached hydrogens (tertiary/aromatic N) is 1. The smallest absolute Gasteiger partial charge is 0.261 e. The lowest BCUT2D eigenvalue weighted by molar-refractivity contribution is -0.143. The molecule has 1 atom stereocenters. The van der Waals surface area contributed by atoms with Gasteiger partial charge in [-0.25, -0.2) is 0 Å². The fourth-order valence-electron chi connectivity index (χ4n) is 3.34. The van der Waals surface area contributed by atoms with Crippen LogP contribution in [0.3, 0.4) is 0 Å². The zero-order chi connectivity index (χ0) is 23.9. The lowest BCUT2D eigenvalue weighted by atomic mass is 10.0. The van der Waals surface area contributed by atoms with Crippen LogP contribution in [-0.2, 0) is 16.1 Å². The zero-order valence-electron chi connectivity index (χ0n) is 19.9. The molecule has 32 heavy (non-hydrogen) atoms. The van der Waals surface area contributed by atoms with Crippen molar-refractivity contribution in [2.75, 3.05) is 6.61 Å². The Hall–Kier alpha value is -2.53. The molecular formula is C26H35ClN2O3. The van der Waals surface area contributed by atoms with Gasteiger partial charge in [0.1, 0.15) is 11.8 Å². The molecule has 1 N–H and O–H groups in total. The van der Waals surface area contributed by atoms with Crippen molar-refractivity contribution in [3.8, 4) is 5.75 Å². The Morgan fingerprint density at radius 1 is 1.03 bits per heavy atom. The second kappa shape index (κ2) is 11.4. The van der Waals surface area contributed by atoms with Gasteiger partial charge in [-0.3, -0.25) is 9.59 Å². The quantitative estimate of drug-likeness (QED) is 0.534. The van der Waals surface area contributed by atoms with E-state index in [1.807, 2.05) is 64.1 Å². The first-order valence-corrected chi connectivity index (χ1v) is 11.5. The molecule has 0 saturated carbocycles. The summed E-state index contributed by atoms with van der Waals surface area (Å²) in [6.45, 7) is 12.1. The van der Waals surface area contributed by atoms with E-state index >= 15 is 0 Å². The van der Waals surface area contributed by atoms with Crippen molar-refractivity contribution in [3.63, 3.8) is 0 Å². The van der Waals surface area contributed by atoms with Gasteiger partial charge in [0.25, 0.3) is 5.91 Å². The van der Waals surface area contributed by atoms with Crippen molar-refractivity contribution in [2.45, 2.75) is 72.0 Å². The lowest BCUT2D eigenvalue weighted by Crippen LogP contribution is -2.54. The number of nitrogens with one attached hydrogen (secondary N) is 1. The van der Waals surface area contributed by atoms with Gasteiger partial charge in [-0.1, -0.05) is 56.6 Å². The average Bonchev–Trinajstić information content (AvgIpc) is 2.72. The molecule has 0 aliphatic heterocycles. The summed E-state index contributed by atoms with van der Waals surface area (Å²) in [6, 6.07) is 14.4. The Bertz CT molecular complexity index is 887. The van der Waals surface area contributed by atoms with E-state index in [9.17, 15) is 9.59 Å². The molecule has 0 saturated heterocycles. The summed E-state index contributed by atoms with van der Waals surface area (Å²) in [4.78, 5) is 27.8. The van der Waals surface area contributed by atoms with Crippen LogP contribution in [0.5, 0.6) is 5.75 Å². The number of ether oxygens (including phenoxy) is 1. The number of carbonyl (C=O) groups is 2. The molecule has 1 unspecified atom stereocenters. The molecule has 0 spiro atoms. The third-order valence-electron chi connectivity index (χ3n) is 5.06. The molecule has 0 bridgehead atoms. The number of hydrogen-bond acceptors (Lipinski definition) is 3. The van der Waals surface area contributed by atoms with Crippen molar-refractivity contribution in [3.05, 3.63) is 64.7 Å². The van der Waals surface area contributed by atoms with Crippen LogP contribution >= 0.6 is 11.6 Å². The molecule has 2 rings (SSSR count). The Labute approximate surface area is 197 Å². The molecule has 0 aliphatic rings. The monoisotopic (exact) mass is 458 g/mol. The van der Waals surface area contributed by atoms with Crippen molar-refractivity contribution < 1.29 is 14.3 Å². The highest BCUT2D eigenvalue weighted by atomic mass is 35.5. The average molecular weight is 459 g/mol. The van der Waals surface area contributed by atoms with Crippen LogP contribution in [0.1, 0.15) is 65.0 Å².